The number of rotatable bonds is 5. The van der Waals surface area contributed by atoms with Crippen LogP contribution < -0.4 is 0 Å². The Hall–Kier alpha value is -2.50. The summed E-state index contributed by atoms with van der Waals surface area (Å²) >= 11 is 0. The normalized spacial score (nSPS) is 24.7. The van der Waals surface area contributed by atoms with Gasteiger partial charge in [0.2, 0.25) is 5.91 Å². The Kier molecular flexibility index (Phi) is 6.60. The molecule has 0 radical (unpaired) electrons. The highest BCUT2D eigenvalue weighted by Crippen LogP contribution is 2.42. The first-order chi connectivity index (χ1) is 14.7. The molecule has 2 aliphatic rings. The first-order valence-electron chi connectivity index (χ1n) is 11.0. The average Bonchev–Trinajstić information content (AvgIpc) is 2.74. The molecule has 30 heavy (non-hydrogen) atoms. The monoisotopic (exact) mass is 405 g/mol. The summed E-state index contributed by atoms with van der Waals surface area (Å²) in [5.74, 6) is 0.432. The maximum Gasteiger partial charge on any atom is 0.227 e. The summed E-state index contributed by atoms with van der Waals surface area (Å²) in [6.07, 6.45) is 10.1. The third-order valence-corrected chi connectivity index (χ3v) is 6.51. The minimum atomic E-state index is 0.137. The van der Waals surface area contributed by atoms with Crippen LogP contribution in [-0.4, -0.2) is 64.1 Å². The van der Waals surface area contributed by atoms with Crippen molar-refractivity contribution < 1.29 is 9.90 Å². The number of allylic oxidation sites excluding steroid dienone is 1. The van der Waals surface area contributed by atoms with Crippen molar-refractivity contribution in [3.05, 3.63) is 71.6 Å². The second kappa shape index (κ2) is 9.54. The van der Waals surface area contributed by atoms with Crippen LogP contribution in [0.5, 0.6) is 0 Å². The lowest BCUT2D eigenvalue weighted by atomic mass is 9.74. The fourth-order valence-electron chi connectivity index (χ4n) is 4.98. The fraction of sp³-hybridized carbons (Fsp3) is 0.440. The second-order valence-electron chi connectivity index (χ2n) is 8.33. The first-order valence-corrected chi connectivity index (χ1v) is 11.0. The zero-order valence-corrected chi connectivity index (χ0v) is 17.7. The van der Waals surface area contributed by atoms with Gasteiger partial charge < -0.3 is 10.0 Å². The lowest BCUT2D eigenvalue weighted by molar-refractivity contribution is -0.135. The minimum absolute atomic E-state index is 0.137. The van der Waals surface area contributed by atoms with Crippen LogP contribution in [0.4, 0.5) is 0 Å². The summed E-state index contributed by atoms with van der Waals surface area (Å²) in [4.78, 5) is 21.5. The molecule has 2 aromatic rings. The van der Waals surface area contributed by atoms with Gasteiger partial charge in [0, 0.05) is 43.5 Å². The Morgan fingerprint density at radius 1 is 1.13 bits per heavy atom. The van der Waals surface area contributed by atoms with Crippen LogP contribution >= 0.6 is 0 Å². The number of carbonyl (C=O) groups excluding carboxylic acids is 1. The number of hydrogen-bond acceptors (Lipinski definition) is 4. The molecule has 2 fully saturated rings. The summed E-state index contributed by atoms with van der Waals surface area (Å²) in [7, 11) is 0. The number of benzene rings is 1. The lowest BCUT2D eigenvalue weighted by Gasteiger charge is -2.57. The van der Waals surface area contributed by atoms with Gasteiger partial charge >= 0.3 is 0 Å². The molecular weight excluding hydrogens is 374 g/mol. The maximum atomic E-state index is 13.0. The predicted octanol–water partition coefficient (Wildman–Crippen LogP) is 3.11. The first kappa shape index (κ1) is 20.8. The SMILES string of the molecule is C/C=C/c1ccc([C@H]2[C@H](CO)N3CCCCN(C(=O)Cc4ccncc4)C[C@@H]23)cc1. The predicted molar refractivity (Wildman–Crippen MR) is 119 cm³/mol. The van der Waals surface area contributed by atoms with Crippen molar-refractivity contribution in [1.82, 2.24) is 14.8 Å². The van der Waals surface area contributed by atoms with Crippen molar-refractivity contribution in [3.8, 4) is 0 Å². The summed E-state index contributed by atoms with van der Waals surface area (Å²) in [6, 6.07) is 12.9. The Balaban J connectivity index is 1.52. The van der Waals surface area contributed by atoms with Gasteiger partial charge in [0.15, 0.2) is 0 Å². The molecule has 5 heteroatoms. The van der Waals surface area contributed by atoms with E-state index in [4.69, 9.17) is 0 Å². The smallest absolute Gasteiger partial charge is 0.227 e. The summed E-state index contributed by atoms with van der Waals surface area (Å²) in [5.41, 5.74) is 3.45. The lowest BCUT2D eigenvalue weighted by Crippen LogP contribution is -2.68. The number of aliphatic hydroxyl groups excluding tert-OH is 1. The molecule has 1 aromatic heterocycles. The van der Waals surface area contributed by atoms with Crippen LogP contribution in [0.2, 0.25) is 0 Å². The molecule has 4 rings (SSSR count). The molecule has 3 atom stereocenters. The Labute approximate surface area is 179 Å². The zero-order valence-electron chi connectivity index (χ0n) is 17.7. The largest absolute Gasteiger partial charge is 0.395 e. The second-order valence-corrected chi connectivity index (χ2v) is 8.33. The third kappa shape index (κ3) is 4.32. The van der Waals surface area contributed by atoms with E-state index in [0.717, 1.165) is 38.0 Å². The van der Waals surface area contributed by atoms with Crippen molar-refractivity contribution >= 4 is 12.0 Å². The van der Waals surface area contributed by atoms with Crippen molar-refractivity contribution in [3.63, 3.8) is 0 Å². The Bertz CT molecular complexity index is 866. The highest BCUT2D eigenvalue weighted by Gasteiger charge is 2.49. The third-order valence-electron chi connectivity index (χ3n) is 6.51. The number of aromatic nitrogens is 1. The van der Waals surface area contributed by atoms with Crippen LogP contribution in [0.3, 0.4) is 0 Å². The van der Waals surface area contributed by atoms with Crippen LogP contribution in [0.1, 0.15) is 42.4 Å². The van der Waals surface area contributed by atoms with Crippen molar-refractivity contribution in [2.24, 2.45) is 0 Å². The molecule has 2 saturated heterocycles. The van der Waals surface area contributed by atoms with Crippen molar-refractivity contribution in [1.29, 1.82) is 0 Å². The van der Waals surface area contributed by atoms with Crippen molar-refractivity contribution in [2.45, 2.75) is 44.2 Å². The molecule has 3 heterocycles. The molecule has 158 valence electrons. The van der Waals surface area contributed by atoms with E-state index in [2.05, 4.69) is 40.2 Å². The van der Waals surface area contributed by atoms with Gasteiger partial charge in [0.25, 0.3) is 0 Å². The van der Waals surface area contributed by atoms with E-state index >= 15 is 0 Å². The standard InChI is InChI=1S/C25H31N3O2/c1-2-5-19-6-8-21(9-7-19)25-22-17-27(14-3-4-15-28(22)23(25)18-29)24(30)16-20-10-12-26-13-11-20/h2,5-13,22-23,25,29H,3-4,14-18H2,1H3/b5-2+/t22-,23-,25+/m0/s1. The van der Waals surface area contributed by atoms with Gasteiger partial charge in [-0.15, -0.1) is 0 Å². The van der Waals surface area contributed by atoms with Gasteiger partial charge in [-0.25, -0.2) is 0 Å². The number of amides is 1. The van der Waals surface area contributed by atoms with Gasteiger partial charge in [-0.1, -0.05) is 36.4 Å². The molecule has 5 nitrogen and oxygen atoms in total. The quantitative estimate of drug-likeness (QED) is 0.831. The molecule has 0 saturated carbocycles. The van der Waals surface area contributed by atoms with E-state index in [0.29, 0.717) is 6.42 Å². The van der Waals surface area contributed by atoms with Crippen LogP contribution in [0, 0.1) is 0 Å². The van der Waals surface area contributed by atoms with Gasteiger partial charge in [-0.05, 0) is 55.1 Å². The van der Waals surface area contributed by atoms with E-state index < -0.39 is 0 Å². The van der Waals surface area contributed by atoms with Crippen molar-refractivity contribution in [2.75, 3.05) is 26.2 Å². The molecular formula is C25H31N3O2. The van der Waals surface area contributed by atoms with Gasteiger partial charge in [0.05, 0.1) is 13.0 Å². The number of nitrogens with zero attached hydrogens (tertiary/aromatic N) is 3. The van der Waals surface area contributed by atoms with E-state index in [9.17, 15) is 9.90 Å². The highest BCUT2D eigenvalue weighted by atomic mass is 16.3. The topological polar surface area (TPSA) is 56.7 Å². The molecule has 1 amide bonds. The molecule has 1 N–H and O–H groups in total. The van der Waals surface area contributed by atoms with Crippen LogP contribution in [-0.2, 0) is 11.2 Å². The van der Waals surface area contributed by atoms with E-state index in [-0.39, 0.29) is 30.5 Å². The highest BCUT2D eigenvalue weighted by molar-refractivity contribution is 5.78. The van der Waals surface area contributed by atoms with Gasteiger partial charge in [-0.2, -0.15) is 0 Å². The van der Waals surface area contributed by atoms with Crippen LogP contribution in [0.15, 0.2) is 54.9 Å². The number of fused-ring (bicyclic) bond motifs is 1. The van der Waals surface area contributed by atoms with Crippen LogP contribution in [0.25, 0.3) is 6.08 Å². The van der Waals surface area contributed by atoms with Gasteiger partial charge in [-0.3, -0.25) is 14.7 Å². The molecule has 0 unspecified atom stereocenters. The minimum Gasteiger partial charge on any atom is -0.395 e. The number of pyridine rings is 1. The van der Waals surface area contributed by atoms with E-state index in [1.165, 1.54) is 11.1 Å². The summed E-state index contributed by atoms with van der Waals surface area (Å²) < 4.78 is 0. The number of hydrogen-bond donors (Lipinski definition) is 1. The van der Waals surface area contributed by atoms with E-state index in [1.54, 1.807) is 12.4 Å². The maximum absolute atomic E-state index is 13.0. The number of aliphatic hydroxyl groups is 1. The summed E-state index contributed by atoms with van der Waals surface area (Å²) in [5, 5.41) is 10.1. The molecule has 1 aromatic carbocycles. The molecule has 0 aliphatic carbocycles. The Morgan fingerprint density at radius 3 is 2.57 bits per heavy atom. The molecule has 0 spiro atoms. The number of carbonyl (C=O) groups is 1. The zero-order chi connectivity index (χ0) is 20.9. The van der Waals surface area contributed by atoms with E-state index in [1.807, 2.05) is 30.0 Å². The summed E-state index contributed by atoms with van der Waals surface area (Å²) in [6.45, 7) is 4.70. The fourth-order valence-corrected chi connectivity index (χ4v) is 4.98. The molecule has 2 aliphatic heterocycles. The van der Waals surface area contributed by atoms with Gasteiger partial charge in [0.1, 0.15) is 0 Å². The average molecular weight is 406 g/mol. The Morgan fingerprint density at radius 2 is 1.87 bits per heavy atom. The molecule has 0 bridgehead atoms.